The van der Waals surface area contributed by atoms with Gasteiger partial charge in [-0.2, -0.15) is 0 Å². The number of carbonyl (C=O) groups is 1. The van der Waals surface area contributed by atoms with Gasteiger partial charge in [-0.05, 0) is 42.7 Å². The van der Waals surface area contributed by atoms with Crippen LogP contribution in [0.15, 0.2) is 42.6 Å². The fourth-order valence-electron chi connectivity index (χ4n) is 3.97. The van der Waals surface area contributed by atoms with Crippen LogP contribution in [0.3, 0.4) is 0 Å². The average Bonchev–Trinajstić information content (AvgIpc) is 3.16. The predicted octanol–water partition coefficient (Wildman–Crippen LogP) is 4.64. The summed E-state index contributed by atoms with van der Waals surface area (Å²) < 4.78 is 7.69. The smallest absolute Gasteiger partial charge is 0.226 e. The summed E-state index contributed by atoms with van der Waals surface area (Å²) in [5, 5.41) is 0. The summed E-state index contributed by atoms with van der Waals surface area (Å²) in [5.41, 5.74) is 2.30. The molecule has 2 unspecified atom stereocenters. The Morgan fingerprint density at radius 3 is 2.81 bits per heavy atom. The van der Waals surface area contributed by atoms with E-state index in [4.69, 9.17) is 4.74 Å². The first-order valence-corrected chi connectivity index (χ1v) is 9.79. The molecule has 0 saturated carbocycles. The zero-order valence-electron chi connectivity index (χ0n) is 16.1. The molecule has 0 aliphatic carbocycles. The lowest BCUT2D eigenvalue weighted by Gasteiger charge is -2.39. The van der Waals surface area contributed by atoms with E-state index >= 15 is 0 Å². The molecule has 0 spiro atoms. The Balaban J connectivity index is 1.96. The maximum Gasteiger partial charge on any atom is 0.226 e. The first kappa shape index (κ1) is 18.6. The molecule has 1 aromatic heterocycles. The molecule has 1 aliphatic rings. The molecule has 2 aromatic rings. The Hall–Kier alpha value is -2.23. The van der Waals surface area contributed by atoms with Crippen LogP contribution in [0.5, 0.6) is 5.75 Å². The van der Waals surface area contributed by atoms with E-state index in [1.54, 1.807) is 7.11 Å². The molecule has 0 saturated heterocycles. The van der Waals surface area contributed by atoms with Crippen LogP contribution in [0, 0.1) is 5.92 Å². The van der Waals surface area contributed by atoms with Crippen LogP contribution in [0.25, 0.3) is 0 Å². The van der Waals surface area contributed by atoms with Crippen molar-refractivity contribution in [2.75, 3.05) is 13.7 Å². The van der Waals surface area contributed by atoms with E-state index in [1.807, 2.05) is 12.1 Å². The van der Waals surface area contributed by atoms with Gasteiger partial charge in [0, 0.05) is 30.9 Å². The minimum atomic E-state index is -0.0444. The lowest BCUT2D eigenvalue weighted by molar-refractivity contribution is -0.138. The van der Waals surface area contributed by atoms with Gasteiger partial charge in [0.2, 0.25) is 5.91 Å². The number of hydrogen-bond acceptors (Lipinski definition) is 2. The average molecular weight is 354 g/mol. The fourth-order valence-corrected chi connectivity index (χ4v) is 3.97. The van der Waals surface area contributed by atoms with E-state index in [1.165, 1.54) is 5.69 Å². The molecular formula is C22H30N2O2. The van der Waals surface area contributed by atoms with Gasteiger partial charge in [-0.1, -0.05) is 38.8 Å². The summed E-state index contributed by atoms with van der Waals surface area (Å²) in [6.07, 6.45) is 6.23. The molecule has 2 heterocycles. The Bertz CT molecular complexity index is 737. The monoisotopic (exact) mass is 354 g/mol. The number of rotatable bonds is 7. The van der Waals surface area contributed by atoms with E-state index in [0.29, 0.717) is 5.91 Å². The van der Waals surface area contributed by atoms with Crippen molar-refractivity contribution in [2.45, 2.75) is 52.1 Å². The third-order valence-electron chi connectivity index (χ3n) is 5.48. The fraction of sp³-hybridized carbons (Fsp3) is 0.500. The Kier molecular flexibility index (Phi) is 6.02. The lowest BCUT2D eigenvalue weighted by atomic mass is 9.93. The number of carbonyl (C=O) groups excluding carboxylic acids is 1. The first-order valence-electron chi connectivity index (χ1n) is 9.79. The zero-order chi connectivity index (χ0) is 18.5. The maximum atomic E-state index is 13.4. The molecule has 4 nitrogen and oxygen atoms in total. The molecule has 2 atom stereocenters. The minimum Gasteiger partial charge on any atom is -0.497 e. The second-order valence-corrected chi connectivity index (χ2v) is 7.08. The van der Waals surface area contributed by atoms with Crippen molar-refractivity contribution in [1.82, 2.24) is 9.47 Å². The van der Waals surface area contributed by atoms with Gasteiger partial charge in [-0.25, -0.2) is 0 Å². The van der Waals surface area contributed by atoms with Crippen LogP contribution in [-0.4, -0.2) is 29.0 Å². The minimum absolute atomic E-state index is 0.0444. The second kappa shape index (κ2) is 8.43. The van der Waals surface area contributed by atoms with Crippen molar-refractivity contribution in [1.29, 1.82) is 0 Å². The Labute approximate surface area is 156 Å². The van der Waals surface area contributed by atoms with Gasteiger partial charge in [0.25, 0.3) is 0 Å². The number of nitrogens with zero attached hydrogens (tertiary/aromatic N) is 2. The number of benzene rings is 1. The van der Waals surface area contributed by atoms with Crippen LogP contribution < -0.4 is 4.74 Å². The molecular weight excluding hydrogens is 324 g/mol. The van der Waals surface area contributed by atoms with Crippen LogP contribution in [-0.2, 0) is 11.3 Å². The van der Waals surface area contributed by atoms with E-state index in [9.17, 15) is 4.79 Å². The number of methoxy groups -OCH3 is 1. The van der Waals surface area contributed by atoms with Crippen molar-refractivity contribution >= 4 is 5.91 Å². The molecule has 4 heteroatoms. The summed E-state index contributed by atoms with van der Waals surface area (Å²) >= 11 is 0. The van der Waals surface area contributed by atoms with Crippen LogP contribution >= 0.6 is 0 Å². The van der Waals surface area contributed by atoms with Crippen LogP contribution in [0.1, 0.15) is 56.8 Å². The van der Waals surface area contributed by atoms with Gasteiger partial charge in [0.15, 0.2) is 0 Å². The first-order chi connectivity index (χ1) is 12.7. The topological polar surface area (TPSA) is 34.5 Å². The van der Waals surface area contributed by atoms with Crippen molar-refractivity contribution in [2.24, 2.45) is 5.92 Å². The summed E-state index contributed by atoms with van der Waals surface area (Å²) in [6.45, 7) is 5.93. The van der Waals surface area contributed by atoms with Gasteiger partial charge in [0.05, 0.1) is 13.2 Å². The molecule has 0 N–H and O–H groups in total. The quantitative estimate of drug-likeness (QED) is 0.726. The van der Waals surface area contributed by atoms with Gasteiger partial charge >= 0.3 is 0 Å². The summed E-state index contributed by atoms with van der Waals surface area (Å²) in [5.74, 6) is 1.24. The van der Waals surface area contributed by atoms with Crippen LogP contribution in [0.2, 0.25) is 0 Å². The lowest BCUT2D eigenvalue weighted by Crippen LogP contribution is -2.45. The van der Waals surface area contributed by atoms with Crippen molar-refractivity contribution in [3.63, 3.8) is 0 Å². The largest absolute Gasteiger partial charge is 0.497 e. The van der Waals surface area contributed by atoms with Crippen LogP contribution in [0.4, 0.5) is 0 Å². The SMILES string of the molecule is CCCCC(CC)C(=O)N1CCn2cccc2C1c1cccc(OC)c1. The number of aromatic nitrogens is 1. The molecule has 1 amide bonds. The number of hydrogen-bond donors (Lipinski definition) is 0. The number of fused-ring (bicyclic) bond motifs is 1. The van der Waals surface area contributed by atoms with Gasteiger partial charge in [0.1, 0.15) is 5.75 Å². The molecule has 0 fully saturated rings. The van der Waals surface area contributed by atoms with Gasteiger partial charge in [-0.3, -0.25) is 4.79 Å². The van der Waals surface area contributed by atoms with Crippen molar-refractivity contribution in [3.8, 4) is 5.75 Å². The van der Waals surface area contributed by atoms with Gasteiger partial charge in [-0.15, -0.1) is 0 Å². The highest BCUT2D eigenvalue weighted by Gasteiger charge is 2.34. The van der Waals surface area contributed by atoms with E-state index in [0.717, 1.165) is 50.1 Å². The normalized spacial score (nSPS) is 17.7. The maximum absolute atomic E-state index is 13.4. The van der Waals surface area contributed by atoms with Crippen molar-refractivity contribution < 1.29 is 9.53 Å². The predicted molar refractivity (Wildman–Crippen MR) is 104 cm³/mol. The highest BCUT2D eigenvalue weighted by molar-refractivity contribution is 5.80. The highest BCUT2D eigenvalue weighted by atomic mass is 16.5. The van der Waals surface area contributed by atoms with E-state index < -0.39 is 0 Å². The summed E-state index contributed by atoms with van der Waals surface area (Å²) in [7, 11) is 1.68. The molecule has 0 radical (unpaired) electrons. The van der Waals surface area contributed by atoms with E-state index in [2.05, 4.69) is 53.8 Å². The zero-order valence-corrected chi connectivity index (χ0v) is 16.1. The molecule has 0 bridgehead atoms. The summed E-state index contributed by atoms with van der Waals surface area (Å²) in [6, 6.07) is 12.3. The standard InChI is InChI=1S/C22H30N2O2/c1-4-6-9-17(5-2)22(25)24-15-14-23-13-8-12-20(23)21(24)18-10-7-11-19(16-18)26-3/h7-8,10-13,16-17,21H,4-6,9,14-15H2,1-3H3. The molecule has 26 heavy (non-hydrogen) atoms. The third-order valence-corrected chi connectivity index (χ3v) is 5.48. The van der Waals surface area contributed by atoms with Crippen molar-refractivity contribution in [3.05, 3.63) is 53.9 Å². The molecule has 1 aliphatic heterocycles. The Morgan fingerprint density at radius 1 is 1.23 bits per heavy atom. The number of ether oxygens (including phenoxy) is 1. The summed E-state index contributed by atoms with van der Waals surface area (Å²) in [4.78, 5) is 15.5. The molecule has 140 valence electrons. The Morgan fingerprint density at radius 2 is 2.08 bits per heavy atom. The second-order valence-electron chi connectivity index (χ2n) is 7.08. The highest BCUT2D eigenvalue weighted by Crippen LogP contribution is 2.35. The third kappa shape index (κ3) is 3.64. The molecule has 3 rings (SSSR count). The molecule has 1 aromatic carbocycles. The number of unbranched alkanes of at least 4 members (excludes halogenated alkanes) is 1. The number of amides is 1. The van der Waals surface area contributed by atoms with Gasteiger partial charge < -0.3 is 14.2 Å². The van der Waals surface area contributed by atoms with E-state index in [-0.39, 0.29) is 12.0 Å².